The molecule has 35 heavy (non-hydrogen) atoms. The fourth-order valence-electron chi connectivity index (χ4n) is 4.50. The number of carbonyl (C=O) groups excluding carboxylic acids is 3. The second-order valence-electron chi connectivity index (χ2n) is 8.77. The summed E-state index contributed by atoms with van der Waals surface area (Å²) in [5, 5.41) is 5.33. The van der Waals surface area contributed by atoms with Gasteiger partial charge < -0.3 is 15.1 Å². The van der Waals surface area contributed by atoms with Gasteiger partial charge in [-0.25, -0.2) is 4.98 Å². The van der Waals surface area contributed by atoms with Gasteiger partial charge in [-0.05, 0) is 37.8 Å². The number of nitrogens with zero attached hydrogens (tertiary/aromatic N) is 3. The Morgan fingerprint density at radius 2 is 1.89 bits per heavy atom. The van der Waals surface area contributed by atoms with Crippen molar-refractivity contribution >= 4 is 29.1 Å². The third kappa shape index (κ3) is 6.01. The number of alkyl halides is 3. The zero-order valence-corrected chi connectivity index (χ0v) is 20.0. The Morgan fingerprint density at radius 3 is 2.57 bits per heavy atom. The Kier molecular flexibility index (Phi) is 7.73. The second-order valence-corrected chi connectivity index (χ2v) is 9.66. The van der Waals surface area contributed by atoms with E-state index in [1.165, 1.54) is 34.4 Å². The molecule has 0 atom stereocenters. The Morgan fingerprint density at radius 1 is 1.14 bits per heavy atom. The molecule has 0 bridgehead atoms. The number of hydrogen-bond acceptors (Lipinski definition) is 5. The molecule has 4 rings (SSSR count). The van der Waals surface area contributed by atoms with E-state index in [2.05, 4.69) is 10.3 Å². The summed E-state index contributed by atoms with van der Waals surface area (Å²) in [6.07, 6.45) is -1.29. The molecule has 11 heteroatoms. The molecule has 0 unspecified atom stereocenters. The number of rotatable bonds is 7. The van der Waals surface area contributed by atoms with Crippen LogP contribution in [0.15, 0.2) is 29.6 Å². The number of hydrogen-bond donors (Lipinski definition) is 1. The summed E-state index contributed by atoms with van der Waals surface area (Å²) in [5.41, 5.74) is -0.921. The highest BCUT2D eigenvalue weighted by Gasteiger charge is 2.36. The summed E-state index contributed by atoms with van der Waals surface area (Å²) in [6.45, 7) is 2.51. The highest BCUT2D eigenvalue weighted by Crippen LogP contribution is 2.34. The van der Waals surface area contributed by atoms with Crippen molar-refractivity contribution in [3.05, 3.63) is 51.5 Å². The zero-order valence-electron chi connectivity index (χ0n) is 19.1. The lowest BCUT2D eigenvalue weighted by atomic mass is 9.96. The molecule has 0 spiro atoms. The van der Waals surface area contributed by atoms with Gasteiger partial charge >= 0.3 is 6.18 Å². The largest absolute Gasteiger partial charge is 0.417 e. The normalized spacial score (nSPS) is 17.2. The molecule has 1 aromatic heterocycles. The lowest BCUT2D eigenvalue weighted by Crippen LogP contribution is -2.38. The molecule has 3 amide bonds. The number of halogens is 3. The predicted octanol–water partition coefficient (Wildman–Crippen LogP) is 3.92. The number of thiazole rings is 1. The van der Waals surface area contributed by atoms with Gasteiger partial charge in [-0.2, -0.15) is 13.2 Å². The molecule has 2 fully saturated rings. The van der Waals surface area contributed by atoms with Crippen molar-refractivity contribution < 1.29 is 27.6 Å². The topological polar surface area (TPSA) is 82.6 Å². The van der Waals surface area contributed by atoms with E-state index in [1.54, 1.807) is 5.38 Å². The van der Waals surface area contributed by atoms with Gasteiger partial charge in [-0.1, -0.05) is 12.1 Å². The lowest BCUT2D eigenvalue weighted by Gasteiger charge is -2.31. The molecule has 1 N–H and O–H groups in total. The molecule has 0 radical (unpaired) electrons. The van der Waals surface area contributed by atoms with Crippen molar-refractivity contribution in [1.29, 1.82) is 0 Å². The Labute approximate surface area is 205 Å². The Bertz CT molecular complexity index is 1080. The first kappa shape index (κ1) is 25.2. The molecule has 0 saturated carbocycles. The first-order valence-electron chi connectivity index (χ1n) is 11.7. The van der Waals surface area contributed by atoms with Crippen LogP contribution >= 0.6 is 11.3 Å². The molecule has 2 aliphatic rings. The van der Waals surface area contributed by atoms with Gasteiger partial charge in [0.15, 0.2) is 0 Å². The first-order chi connectivity index (χ1) is 16.7. The number of aromatic nitrogens is 1. The van der Waals surface area contributed by atoms with Crippen LogP contribution in [0.1, 0.15) is 69.4 Å². The van der Waals surface area contributed by atoms with E-state index in [4.69, 9.17) is 0 Å². The number of carbonyl (C=O) groups is 3. The number of amides is 3. The van der Waals surface area contributed by atoms with Crippen LogP contribution in [0.4, 0.5) is 13.2 Å². The quantitative estimate of drug-likeness (QED) is 0.575. The van der Waals surface area contributed by atoms with Gasteiger partial charge in [0, 0.05) is 50.4 Å². The predicted molar refractivity (Wildman–Crippen MR) is 124 cm³/mol. The highest BCUT2D eigenvalue weighted by molar-refractivity contribution is 7.09. The van der Waals surface area contributed by atoms with Gasteiger partial charge in [0.05, 0.1) is 16.1 Å². The smallest absolute Gasteiger partial charge is 0.351 e. The minimum atomic E-state index is -4.59. The van der Waals surface area contributed by atoms with Gasteiger partial charge in [0.25, 0.3) is 11.8 Å². The van der Waals surface area contributed by atoms with Crippen LogP contribution < -0.4 is 5.32 Å². The maximum absolute atomic E-state index is 13.3. The van der Waals surface area contributed by atoms with Crippen LogP contribution in [-0.4, -0.2) is 65.2 Å². The van der Waals surface area contributed by atoms with Crippen LogP contribution in [0, 0.1) is 0 Å². The van der Waals surface area contributed by atoms with Gasteiger partial charge in [-0.15, -0.1) is 11.3 Å². The molecule has 1 aromatic carbocycles. The molecule has 2 aliphatic heterocycles. The average Bonchev–Trinajstić information content (AvgIpc) is 3.50. The molecule has 2 aromatic rings. The maximum Gasteiger partial charge on any atom is 0.417 e. The second kappa shape index (κ2) is 10.8. The third-order valence-corrected chi connectivity index (χ3v) is 7.42. The SMILES string of the molecule is O=C(NCCCN1CCCC1=O)c1csc(C2CCN(C(=O)c3ccccc3C(F)(F)F)CC2)n1. The van der Waals surface area contributed by atoms with E-state index in [9.17, 15) is 27.6 Å². The molecule has 2 saturated heterocycles. The van der Waals surface area contributed by atoms with Crippen LogP contribution in [0.25, 0.3) is 0 Å². The standard InChI is InChI=1S/C24H27F3N4O3S/c25-24(26,27)18-6-2-1-5-17(18)23(34)31-13-8-16(9-14-31)22-29-19(15-35-22)21(33)28-10-4-12-30-11-3-7-20(30)32/h1-2,5-6,15-16H,3-4,7-14H2,(H,28,33). The van der Waals surface area contributed by atoms with Crippen LogP contribution in [0.2, 0.25) is 0 Å². The number of benzene rings is 1. The average molecular weight is 509 g/mol. The maximum atomic E-state index is 13.3. The number of likely N-dealkylation sites (tertiary alicyclic amines) is 2. The van der Waals surface area contributed by atoms with Crippen LogP contribution in [-0.2, 0) is 11.0 Å². The van der Waals surface area contributed by atoms with Crippen molar-refractivity contribution in [1.82, 2.24) is 20.1 Å². The van der Waals surface area contributed by atoms with Crippen molar-refractivity contribution in [2.45, 2.75) is 44.2 Å². The van der Waals surface area contributed by atoms with E-state index in [-0.39, 0.29) is 23.3 Å². The summed E-state index contributed by atoms with van der Waals surface area (Å²) in [4.78, 5) is 44.5. The minimum absolute atomic E-state index is 0.0460. The van der Waals surface area contributed by atoms with Crippen LogP contribution in [0.3, 0.4) is 0 Å². The van der Waals surface area contributed by atoms with Crippen molar-refractivity contribution in [2.24, 2.45) is 0 Å². The van der Waals surface area contributed by atoms with E-state index in [0.29, 0.717) is 57.6 Å². The van der Waals surface area contributed by atoms with E-state index in [1.807, 2.05) is 4.90 Å². The number of nitrogens with one attached hydrogen (secondary N) is 1. The first-order valence-corrected chi connectivity index (χ1v) is 12.6. The van der Waals surface area contributed by atoms with Gasteiger partial charge in [-0.3, -0.25) is 14.4 Å². The highest BCUT2D eigenvalue weighted by atomic mass is 32.1. The summed E-state index contributed by atoms with van der Waals surface area (Å²) in [6, 6.07) is 4.85. The minimum Gasteiger partial charge on any atom is -0.351 e. The summed E-state index contributed by atoms with van der Waals surface area (Å²) >= 11 is 1.38. The Balaban J connectivity index is 1.26. The van der Waals surface area contributed by atoms with Crippen molar-refractivity contribution in [2.75, 3.05) is 32.7 Å². The number of piperidine rings is 1. The summed E-state index contributed by atoms with van der Waals surface area (Å²) < 4.78 is 39.9. The zero-order chi connectivity index (χ0) is 25.0. The molecule has 3 heterocycles. The fourth-order valence-corrected chi connectivity index (χ4v) is 5.47. The molecular weight excluding hydrogens is 481 g/mol. The molecule has 0 aliphatic carbocycles. The van der Waals surface area contributed by atoms with Crippen LogP contribution in [0.5, 0.6) is 0 Å². The molecular formula is C24H27F3N4O3S. The van der Waals surface area contributed by atoms with Crippen molar-refractivity contribution in [3.8, 4) is 0 Å². The van der Waals surface area contributed by atoms with Gasteiger partial charge in [0.1, 0.15) is 5.69 Å². The molecule has 188 valence electrons. The monoisotopic (exact) mass is 508 g/mol. The Hall–Kier alpha value is -2.95. The molecule has 7 nitrogen and oxygen atoms in total. The fraction of sp³-hybridized carbons (Fsp3) is 0.500. The van der Waals surface area contributed by atoms with E-state index in [0.717, 1.165) is 24.0 Å². The van der Waals surface area contributed by atoms with Gasteiger partial charge in [0.2, 0.25) is 5.91 Å². The summed E-state index contributed by atoms with van der Waals surface area (Å²) in [5.74, 6) is -0.676. The lowest BCUT2D eigenvalue weighted by molar-refractivity contribution is -0.138. The summed E-state index contributed by atoms with van der Waals surface area (Å²) in [7, 11) is 0. The van der Waals surface area contributed by atoms with E-state index >= 15 is 0 Å². The van der Waals surface area contributed by atoms with E-state index < -0.39 is 17.6 Å². The van der Waals surface area contributed by atoms with Crippen molar-refractivity contribution in [3.63, 3.8) is 0 Å². The third-order valence-electron chi connectivity index (χ3n) is 6.41.